The monoisotopic (exact) mass is 178 g/mol. The van der Waals surface area contributed by atoms with Gasteiger partial charge in [0.05, 0.1) is 11.2 Å². The molecule has 0 radical (unpaired) electrons. The molecule has 0 bridgehead atoms. The highest BCUT2D eigenvalue weighted by Gasteiger charge is 2.16. The van der Waals surface area contributed by atoms with Gasteiger partial charge in [-0.05, 0) is 13.0 Å². The Kier molecular flexibility index (Phi) is 1.51. The third kappa shape index (κ3) is 1.05. The number of aryl methyl sites for hydroxylation is 1. The smallest absolute Gasteiger partial charge is 0.330 e. The van der Waals surface area contributed by atoms with E-state index in [2.05, 4.69) is 4.98 Å². The van der Waals surface area contributed by atoms with Crippen molar-refractivity contribution in [2.75, 3.05) is 0 Å². The molecule has 0 saturated carbocycles. The maximum atomic E-state index is 10.5. The molecule has 0 unspecified atom stereocenters. The van der Waals surface area contributed by atoms with Crippen molar-refractivity contribution < 1.29 is 9.34 Å². The summed E-state index contributed by atoms with van der Waals surface area (Å²) in [5.74, 6) is 0. The molecule has 13 heavy (non-hydrogen) atoms. The van der Waals surface area contributed by atoms with Gasteiger partial charge >= 0.3 is 5.69 Å². The first-order valence-corrected chi connectivity index (χ1v) is 3.67. The number of hydrogen-bond acceptors (Lipinski definition) is 4. The second-order valence-electron chi connectivity index (χ2n) is 2.65. The Labute approximate surface area is 73.1 Å². The number of nitrogens with zero attached hydrogens (tertiary/aromatic N) is 2. The largest absolute Gasteiger partial charge is 0.457 e. The van der Waals surface area contributed by atoms with Crippen LogP contribution in [0, 0.1) is 17.0 Å². The molecule has 5 nitrogen and oxygen atoms in total. The van der Waals surface area contributed by atoms with Crippen LogP contribution in [-0.2, 0) is 0 Å². The van der Waals surface area contributed by atoms with Crippen LogP contribution in [0.2, 0.25) is 0 Å². The fraction of sp³-hybridized carbons (Fsp3) is 0.125. The van der Waals surface area contributed by atoms with Crippen LogP contribution >= 0.6 is 0 Å². The molecule has 66 valence electrons. The average molecular weight is 178 g/mol. The van der Waals surface area contributed by atoms with Crippen LogP contribution in [0.15, 0.2) is 22.9 Å². The number of aromatic nitrogens is 1. The Bertz CT molecular complexity index is 475. The Morgan fingerprint density at radius 1 is 1.62 bits per heavy atom. The van der Waals surface area contributed by atoms with E-state index >= 15 is 0 Å². The second kappa shape index (κ2) is 2.55. The molecule has 2 aromatic heterocycles. The van der Waals surface area contributed by atoms with E-state index in [1.54, 1.807) is 13.0 Å². The molecule has 0 aromatic carbocycles. The van der Waals surface area contributed by atoms with Gasteiger partial charge in [-0.3, -0.25) is 15.1 Å². The lowest BCUT2D eigenvalue weighted by molar-refractivity contribution is -0.383. The van der Waals surface area contributed by atoms with Crippen molar-refractivity contribution in [1.82, 2.24) is 4.98 Å². The van der Waals surface area contributed by atoms with Gasteiger partial charge in [0, 0.05) is 11.1 Å². The molecule has 0 N–H and O–H groups in total. The predicted molar refractivity (Wildman–Crippen MR) is 45.4 cm³/mol. The van der Waals surface area contributed by atoms with Gasteiger partial charge in [0.2, 0.25) is 5.58 Å². The van der Waals surface area contributed by atoms with Crippen LogP contribution in [0.1, 0.15) is 5.69 Å². The molecular weight excluding hydrogens is 172 g/mol. The highest BCUT2D eigenvalue weighted by Crippen LogP contribution is 2.26. The SMILES string of the molecule is Cc1ncc([N+](=O)[O-])c2occc12. The molecule has 0 atom stereocenters. The van der Waals surface area contributed by atoms with E-state index in [4.69, 9.17) is 4.42 Å². The highest BCUT2D eigenvalue weighted by atomic mass is 16.6. The Morgan fingerprint density at radius 3 is 3.08 bits per heavy atom. The molecule has 0 saturated heterocycles. The van der Waals surface area contributed by atoms with E-state index in [0.717, 1.165) is 5.69 Å². The molecule has 2 rings (SSSR count). The molecule has 0 fully saturated rings. The van der Waals surface area contributed by atoms with E-state index in [1.165, 1.54) is 12.5 Å². The molecule has 0 spiro atoms. The van der Waals surface area contributed by atoms with E-state index in [9.17, 15) is 10.1 Å². The van der Waals surface area contributed by atoms with Gasteiger partial charge in [0.25, 0.3) is 0 Å². The summed E-state index contributed by atoms with van der Waals surface area (Å²) in [6, 6.07) is 1.67. The molecule has 2 heterocycles. The van der Waals surface area contributed by atoms with Crippen molar-refractivity contribution in [3.05, 3.63) is 34.3 Å². The first kappa shape index (κ1) is 7.72. The summed E-state index contributed by atoms with van der Waals surface area (Å²) in [6.07, 6.45) is 2.63. The average Bonchev–Trinajstić information content (AvgIpc) is 2.53. The van der Waals surface area contributed by atoms with Crippen LogP contribution in [0.5, 0.6) is 0 Å². The maximum Gasteiger partial charge on any atom is 0.330 e. The predicted octanol–water partition coefficient (Wildman–Crippen LogP) is 2.04. The summed E-state index contributed by atoms with van der Waals surface area (Å²) in [5, 5.41) is 11.2. The number of furan rings is 1. The number of nitro groups is 1. The summed E-state index contributed by atoms with van der Waals surface area (Å²) >= 11 is 0. The maximum absolute atomic E-state index is 10.5. The van der Waals surface area contributed by atoms with Crippen LogP contribution in [0.25, 0.3) is 11.0 Å². The quantitative estimate of drug-likeness (QED) is 0.495. The lowest BCUT2D eigenvalue weighted by Crippen LogP contribution is -1.91. The van der Waals surface area contributed by atoms with Crippen molar-refractivity contribution in [2.24, 2.45) is 0 Å². The number of pyridine rings is 1. The zero-order chi connectivity index (χ0) is 9.42. The fourth-order valence-corrected chi connectivity index (χ4v) is 1.21. The minimum Gasteiger partial charge on any atom is -0.457 e. The standard InChI is InChI=1S/C8H6N2O3/c1-5-6-2-3-13-8(6)7(4-9-5)10(11)12/h2-4H,1H3. The summed E-state index contributed by atoms with van der Waals surface area (Å²) < 4.78 is 5.01. The van der Waals surface area contributed by atoms with Crippen molar-refractivity contribution in [2.45, 2.75) is 6.92 Å². The molecule has 0 amide bonds. The second-order valence-corrected chi connectivity index (χ2v) is 2.65. The van der Waals surface area contributed by atoms with Crippen LogP contribution in [0.3, 0.4) is 0 Å². The normalized spacial score (nSPS) is 10.5. The number of rotatable bonds is 1. The minimum atomic E-state index is -0.502. The van der Waals surface area contributed by atoms with Gasteiger partial charge in [-0.15, -0.1) is 0 Å². The molecule has 5 heteroatoms. The lowest BCUT2D eigenvalue weighted by Gasteiger charge is -1.94. The summed E-state index contributed by atoms with van der Waals surface area (Å²) in [6.45, 7) is 1.78. The van der Waals surface area contributed by atoms with Crippen LogP contribution < -0.4 is 0 Å². The Morgan fingerprint density at radius 2 is 2.38 bits per heavy atom. The summed E-state index contributed by atoms with van der Waals surface area (Å²) in [4.78, 5) is 13.9. The molecule has 0 aliphatic rings. The van der Waals surface area contributed by atoms with Gasteiger partial charge in [-0.1, -0.05) is 0 Å². The topological polar surface area (TPSA) is 69.2 Å². The van der Waals surface area contributed by atoms with E-state index < -0.39 is 4.92 Å². The first-order chi connectivity index (χ1) is 6.20. The van der Waals surface area contributed by atoms with Gasteiger partial charge < -0.3 is 4.42 Å². The lowest BCUT2D eigenvalue weighted by atomic mass is 10.2. The van der Waals surface area contributed by atoms with Gasteiger partial charge in [0.15, 0.2) is 0 Å². The van der Waals surface area contributed by atoms with Crippen molar-refractivity contribution in [3.8, 4) is 0 Å². The summed E-state index contributed by atoms with van der Waals surface area (Å²) in [5.41, 5.74) is 0.928. The third-order valence-electron chi connectivity index (χ3n) is 1.86. The molecular formula is C8H6N2O3. The van der Waals surface area contributed by atoms with Gasteiger partial charge in [-0.2, -0.15) is 0 Å². The minimum absolute atomic E-state index is 0.0920. The van der Waals surface area contributed by atoms with Gasteiger partial charge in [0.1, 0.15) is 6.20 Å². The van der Waals surface area contributed by atoms with Crippen molar-refractivity contribution in [1.29, 1.82) is 0 Å². The van der Waals surface area contributed by atoms with Gasteiger partial charge in [-0.25, -0.2) is 0 Å². The van der Waals surface area contributed by atoms with E-state index in [1.807, 2.05) is 0 Å². The molecule has 0 aliphatic heterocycles. The molecule has 0 aliphatic carbocycles. The molecule has 2 aromatic rings. The number of hydrogen-bond donors (Lipinski definition) is 0. The zero-order valence-corrected chi connectivity index (χ0v) is 6.85. The number of fused-ring (bicyclic) bond motifs is 1. The summed E-state index contributed by atoms with van der Waals surface area (Å²) in [7, 11) is 0. The van der Waals surface area contributed by atoms with E-state index in [-0.39, 0.29) is 11.3 Å². The van der Waals surface area contributed by atoms with Crippen LogP contribution in [-0.4, -0.2) is 9.91 Å². The first-order valence-electron chi connectivity index (χ1n) is 3.67. The van der Waals surface area contributed by atoms with Crippen LogP contribution in [0.4, 0.5) is 5.69 Å². The van der Waals surface area contributed by atoms with Crippen molar-refractivity contribution >= 4 is 16.7 Å². The van der Waals surface area contributed by atoms with E-state index in [0.29, 0.717) is 5.39 Å². The third-order valence-corrected chi connectivity index (χ3v) is 1.86. The highest BCUT2D eigenvalue weighted by molar-refractivity contribution is 5.86. The zero-order valence-electron chi connectivity index (χ0n) is 6.85. The van der Waals surface area contributed by atoms with Crippen molar-refractivity contribution in [3.63, 3.8) is 0 Å². The Balaban J connectivity index is 2.86. The fourth-order valence-electron chi connectivity index (χ4n) is 1.21. The Hall–Kier alpha value is -1.91.